The van der Waals surface area contributed by atoms with E-state index in [0.717, 1.165) is 12.8 Å². The zero-order valence-electron chi connectivity index (χ0n) is 12.8. The lowest BCUT2D eigenvalue weighted by Crippen LogP contribution is -2.42. The minimum absolute atomic E-state index is 0.0353. The van der Waals surface area contributed by atoms with E-state index in [0.29, 0.717) is 6.54 Å². The van der Waals surface area contributed by atoms with Crippen LogP contribution in [-0.4, -0.2) is 30.3 Å². The van der Waals surface area contributed by atoms with Gasteiger partial charge < -0.3 is 0 Å². The number of halogens is 2. The Labute approximate surface area is 137 Å². The SMILES string of the molecule is CCC(CC)N(CC(C)C)S(=O)(=O)c1cnc(Cl)c(Cl)c1. The molecule has 4 nitrogen and oxygen atoms in total. The molecule has 1 rings (SSSR count). The summed E-state index contributed by atoms with van der Waals surface area (Å²) in [5, 5.41) is 0.250. The maximum atomic E-state index is 12.9. The first-order valence-corrected chi connectivity index (χ1v) is 9.26. The molecule has 120 valence electrons. The van der Waals surface area contributed by atoms with Gasteiger partial charge in [-0.1, -0.05) is 50.9 Å². The minimum atomic E-state index is -3.63. The predicted molar refractivity (Wildman–Crippen MR) is 87.4 cm³/mol. The normalized spacial score (nSPS) is 12.6. The van der Waals surface area contributed by atoms with Crippen LogP contribution in [0.25, 0.3) is 0 Å². The van der Waals surface area contributed by atoms with Crippen molar-refractivity contribution in [3.8, 4) is 0 Å². The second-order valence-electron chi connectivity index (χ2n) is 5.38. The molecule has 7 heteroatoms. The molecule has 0 atom stereocenters. The number of hydrogen-bond acceptors (Lipinski definition) is 3. The lowest BCUT2D eigenvalue weighted by molar-refractivity contribution is 0.277. The molecule has 0 bridgehead atoms. The summed E-state index contributed by atoms with van der Waals surface area (Å²) in [7, 11) is -3.63. The number of rotatable bonds is 7. The Morgan fingerprint density at radius 3 is 2.24 bits per heavy atom. The highest BCUT2D eigenvalue weighted by molar-refractivity contribution is 7.89. The topological polar surface area (TPSA) is 50.3 Å². The fourth-order valence-corrected chi connectivity index (χ4v) is 4.42. The molecular weight excluding hydrogens is 331 g/mol. The second-order valence-corrected chi connectivity index (χ2v) is 8.04. The van der Waals surface area contributed by atoms with Gasteiger partial charge in [0.05, 0.1) is 5.02 Å². The van der Waals surface area contributed by atoms with E-state index in [2.05, 4.69) is 4.98 Å². The van der Waals surface area contributed by atoms with E-state index in [9.17, 15) is 8.42 Å². The summed E-state index contributed by atoms with van der Waals surface area (Å²) in [6, 6.07) is 1.33. The molecule has 1 aromatic rings. The highest BCUT2D eigenvalue weighted by Crippen LogP contribution is 2.27. The molecule has 0 amide bonds. The Bertz CT molecular complexity index is 572. The summed E-state index contributed by atoms with van der Waals surface area (Å²) >= 11 is 11.7. The van der Waals surface area contributed by atoms with Crippen molar-refractivity contribution in [3.05, 3.63) is 22.4 Å². The van der Waals surface area contributed by atoms with E-state index >= 15 is 0 Å². The van der Waals surface area contributed by atoms with Crippen molar-refractivity contribution in [2.75, 3.05) is 6.54 Å². The van der Waals surface area contributed by atoms with E-state index < -0.39 is 10.0 Å². The van der Waals surface area contributed by atoms with Gasteiger partial charge in [-0.05, 0) is 24.8 Å². The fraction of sp³-hybridized carbons (Fsp3) is 0.643. The summed E-state index contributed by atoms with van der Waals surface area (Å²) in [6.45, 7) is 8.44. The van der Waals surface area contributed by atoms with Crippen LogP contribution < -0.4 is 0 Å². The van der Waals surface area contributed by atoms with Crippen LogP contribution in [-0.2, 0) is 10.0 Å². The molecule has 0 spiro atoms. The van der Waals surface area contributed by atoms with Crippen molar-refractivity contribution in [2.24, 2.45) is 5.92 Å². The van der Waals surface area contributed by atoms with Gasteiger partial charge in [0.2, 0.25) is 10.0 Å². The Balaban J connectivity index is 3.28. The molecule has 0 aromatic carbocycles. The van der Waals surface area contributed by atoms with Crippen LogP contribution in [0.3, 0.4) is 0 Å². The summed E-state index contributed by atoms with van der Waals surface area (Å²) in [5.74, 6) is 0.233. The average molecular weight is 353 g/mol. The van der Waals surface area contributed by atoms with Gasteiger partial charge in [0.15, 0.2) is 0 Å². The van der Waals surface area contributed by atoms with Gasteiger partial charge >= 0.3 is 0 Å². The number of aromatic nitrogens is 1. The van der Waals surface area contributed by atoms with Crippen LogP contribution in [0.1, 0.15) is 40.5 Å². The van der Waals surface area contributed by atoms with Crippen molar-refractivity contribution in [3.63, 3.8) is 0 Å². The zero-order valence-corrected chi connectivity index (χ0v) is 15.1. The molecule has 0 aliphatic heterocycles. The summed E-state index contributed by atoms with van der Waals surface area (Å²) in [6.07, 6.45) is 2.79. The predicted octanol–water partition coefficient (Wildman–Crippen LogP) is 4.22. The summed E-state index contributed by atoms with van der Waals surface area (Å²) in [4.78, 5) is 3.93. The van der Waals surface area contributed by atoms with Gasteiger partial charge in [-0.25, -0.2) is 13.4 Å². The quantitative estimate of drug-likeness (QED) is 0.690. The van der Waals surface area contributed by atoms with Crippen molar-refractivity contribution in [1.82, 2.24) is 9.29 Å². The molecule has 0 radical (unpaired) electrons. The van der Waals surface area contributed by atoms with Gasteiger partial charge in [-0.15, -0.1) is 0 Å². The Kier molecular flexibility index (Phi) is 6.91. The van der Waals surface area contributed by atoms with Crippen LogP contribution in [0.2, 0.25) is 10.2 Å². The lowest BCUT2D eigenvalue weighted by Gasteiger charge is -2.31. The Morgan fingerprint density at radius 2 is 1.81 bits per heavy atom. The van der Waals surface area contributed by atoms with Gasteiger partial charge in [-0.2, -0.15) is 4.31 Å². The maximum absolute atomic E-state index is 12.9. The third-order valence-electron chi connectivity index (χ3n) is 3.27. The highest BCUT2D eigenvalue weighted by atomic mass is 35.5. The van der Waals surface area contributed by atoms with Gasteiger partial charge in [-0.3, -0.25) is 0 Å². The molecule has 1 aromatic heterocycles. The largest absolute Gasteiger partial charge is 0.244 e. The van der Waals surface area contributed by atoms with Gasteiger partial charge in [0.1, 0.15) is 10.0 Å². The minimum Gasteiger partial charge on any atom is -0.242 e. The molecule has 0 N–H and O–H groups in total. The molecule has 0 saturated heterocycles. The number of nitrogens with zero attached hydrogens (tertiary/aromatic N) is 2. The third-order valence-corrected chi connectivity index (χ3v) is 5.84. The molecular formula is C14H22Cl2N2O2S. The Hall–Kier alpha value is -0.360. The summed E-state index contributed by atoms with van der Waals surface area (Å²) in [5.41, 5.74) is 0. The Morgan fingerprint density at radius 1 is 1.24 bits per heavy atom. The van der Waals surface area contributed by atoms with Gasteiger partial charge in [0, 0.05) is 18.8 Å². The van der Waals surface area contributed by atoms with E-state index in [1.165, 1.54) is 12.3 Å². The molecule has 0 fully saturated rings. The molecule has 0 aliphatic carbocycles. The van der Waals surface area contributed by atoms with E-state index in [1.54, 1.807) is 4.31 Å². The summed E-state index contributed by atoms with van der Waals surface area (Å²) < 4.78 is 27.3. The third kappa shape index (κ3) is 4.55. The zero-order chi connectivity index (χ0) is 16.2. The molecule has 1 heterocycles. The van der Waals surface area contributed by atoms with Crippen molar-refractivity contribution in [1.29, 1.82) is 0 Å². The number of sulfonamides is 1. The first-order chi connectivity index (χ1) is 9.73. The van der Waals surface area contributed by atoms with Crippen LogP contribution in [0.5, 0.6) is 0 Å². The highest BCUT2D eigenvalue weighted by Gasteiger charge is 2.30. The molecule has 0 aliphatic rings. The van der Waals surface area contributed by atoms with Crippen LogP contribution in [0, 0.1) is 5.92 Å². The number of pyridine rings is 1. The monoisotopic (exact) mass is 352 g/mol. The average Bonchev–Trinajstić information content (AvgIpc) is 2.41. The van der Waals surface area contributed by atoms with Crippen LogP contribution in [0.15, 0.2) is 17.2 Å². The van der Waals surface area contributed by atoms with E-state index in [-0.39, 0.29) is 27.0 Å². The van der Waals surface area contributed by atoms with E-state index in [4.69, 9.17) is 23.2 Å². The van der Waals surface area contributed by atoms with Crippen LogP contribution in [0.4, 0.5) is 0 Å². The van der Waals surface area contributed by atoms with Gasteiger partial charge in [0.25, 0.3) is 0 Å². The standard InChI is InChI=1S/C14H22Cl2N2O2S/c1-5-11(6-2)18(9-10(3)4)21(19,20)12-7-13(15)14(16)17-8-12/h7-8,10-11H,5-6,9H2,1-4H3. The smallest absolute Gasteiger partial charge is 0.242 e. The molecule has 0 unspecified atom stereocenters. The van der Waals surface area contributed by atoms with Crippen molar-refractivity contribution < 1.29 is 8.42 Å². The first-order valence-electron chi connectivity index (χ1n) is 7.06. The van der Waals surface area contributed by atoms with E-state index in [1.807, 2.05) is 27.7 Å². The van der Waals surface area contributed by atoms with Crippen molar-refractivity contribution in [2.45, 2.75) is 51.5 Å². The molecule has 21 heavy (non-hydrogen) atoms. The lowest BCUT2D eigenvalue weighted by atomic mass is 10.1. The number of hydrogen-bond donors (Lipinski definition) is 0. The first kappa shape index (κ1) is 18.7. The molecule has 0 saturated carbocycles. The van der Waals surface area contributed by atoms with Crippen LogP contribution >= 0.6 is 23.2 Å². The fourth-order valence-electron chi connectivity index (χ4n) is 2.18. The maximum Gasteiger partial charge on any atom is 0.244 e. The second kappa shape index (κ2) is 7.77. The van der Waals surface area contributed by atoms with Crippen molar-refractivity contribution >= 4 is 33.2 Å².